The molecule has 5 nitrogen and oxygen atoms in total. The second-order valence-corrected chi connectivity index (χ2v) is 5.23. The molecule has 4 N–H and O–H groups in total. The molecule has 1 aromatic rings. The molecule has 110 valence electrons. The SMILES string of the molecule is CNC(=O)NC(=O)[C@H](C)[NH2+][C@@H](c1ccccc1)C(C)C. The fourth-order valence-electron chi connectivity index (χ4n) is 2.08. The van der Waals surface area contributed by atoms with Crippen LogP contribution in [0.4, 0.5) is 4.79 Å². The van der Waals surface area contributed by atoms with Crippen molar-refractivity contribution >= 4 is 11.9 Å². The van der Waals surface area contributed by atoms with E-state index in [1.165, 1.54) is 12.6 Å². The van der Waals surface area contributed by atoms with Crippen LogP contribution >= 0.6 is 0 Å². The maximum Gasteiger partial charge on any atom is 0.321 e. The Bertz CT molecular complexity index is 446. The van der Waals surface area contributed by atoms with Crippen molar-refractivity contribution in [2.45, 2.75) is 32.9 Å². The summed E-state index contributed by atoms with van der Waals surface area (Å²) in [6.45, 7) is 6.05. The number of imide groups is 1. The van der Waals surface area contributed by atoms with Crippen molar-refractivity contribution in [3.63, 3.8) is 0 Å². The summed E-state index contributed by atoms with van der Waals surface area (Å²) >= 11 is 0. The van der Waals surface area contributed by atoms with Crippen molar-refractivity contribution < 1.29 is 14.9 Å². The number of amides is 3. The van der Waals surface area contributed by atoms with Crippen LogP contribution in [0.2, 0.25) is 0 Å². The van der Waals surface area contributed by atoms with Crippen molar-refractivity contribution in [3.8, 4) is 0 Å². The van der Waals surface area contributed by atoms with E-state index in [1.807, 2.05) is 23.5 Å². The van der Waals surface area contributed by atoms with Gasteiger partial charge in [-0.25, -0.2) is 4.79 Å². The quantitative estimate of drug-likeness (QED) is 0.745. The van der Waals surface area contributed by atoms with Gasteiger partial charge in [0.15, 0.2) is 6.04 Å². The number of nitrogens with one attached hydrogen (secondary N) is 2. The molecular weight excluding hydrogens is 254 g/mol. The Labute approximate surface area is 120 Å². The van der Waals surface area contributed by atoms with E-state index in [0.717, 1.165) is 0 Å². The second-order valence-electron chi connectivity index (χ2n) is 5.23. The van der Waals surface area contributed by atoms with Gasteiger partial charge >= 0.3 is 6.03 Å². The van der Waals surface area contributed by atoms with Crippen LogP contribution in [0.5, 0.6) is 0 Å². The van der Waals surface area contributed by atoms with Crippen molar-refractivity contribution in [3.05, 3.63) is 35.9 Å². The van der Waals surface area contributed by atoms with Crippen molar-refractivity contribution in [1.29, 1.82) is 0 Å². The molecule has 0 aromatic heterocycles. The van der Waals surface area contributed by atoms with Gasteiger partial charge in [0.2, 0.25) is 0 Å². The van der Waals surface area contributed by atoms with E-state index >= 15 is 0 Å². The van der Waals surface area contributed by atoms with Gasteiger partial charge in [0.05, 0.1) is 0 Å². The van der Waals surface area contributed by atoms with Crippen LogP contribution in [0, 0.1) is 5.92 Å². The average molecular weight is 278 g/mol. The van der Waals surface area contributed by atoms with Gasteiger partial charge in [0.25, 0.3) is 5.91 Å². The molecular formula is C15H24N3O2+. The molecule has 20 heavy (non-hydrogen) atoms. The molecule has 0 heterocycles. The molecule has 0 saturated heterocycles. The normalized spacial score (nSPS) is 13.7. The van der Waals surface area contributed by atoms with E-state index in [0.29, 0.717) is 5.92 Å². The molecule has 0 aliphatic rings. The van der Waals surface area contributed by atoms with Crippen molar-refractivity contribution in [2.75, 3.05) is 7.05 Å². The number of benzene rings is 1. The molecule has 2 atom stereocenters. The maximum absolute atomic E-state index is 11.9. The first-order chi connectivity index (χ1) is 9.45. The van der Waals surface area contributed by atoms with Gasteiger partial charge in [-0.05, 0) is 6.92 Å². The number of carbonyl (C=O) groups is 2. The van der Waals surface area contributed by atoms with Gasteiger partial charge < -0.3 is 10.6 Å². The Balaban J connectivity index is 2.71. The molecule has 0 fully saturated rings. The van der Waals surface area contributed by atoms with Gasteiger partial charge in [-0.2, -0.15) is 0 Å². The summed E-state index contributed by atoms with van der Waals surface area (Å²) in [6.07, 6.45) is 0. The minimum atomic E-state index is -0.476. The highest BCUT2D eigenvalue weighted by Gasteiger charge is 2.26. The highest BCUT2D eigenvalue weighted by Crippen LogP contribution is 2.17. The molecule has 0 saturated carbocycles. The summed E-state index contributed by atoms with van der Waals surface area (Å²) < 4.78 is 0. The summed E-state index contributed by atoms with van der Waals surface area (Å²) in [5, 5.41) is 6.68. The Hall–Kier alpha value is -1.88. The molecule has 0 bridgehead atoms. The van der Waals surface area contributed by atoms with Gasteiger partial charge in [0, 0.05) is 18.5 Å². The number of urea groups is 1. The molecule has 3 amide bonds. The monoisotopic (exact) mass is 278 g/mol. The number of nitrogens with two attached hydrogens (primary N) is 1. The lowest BCUT2D eigenvalue weighted by Gasteiger charge is -2.22. The van der Waals surface area contributed by atoms with E-state index < -0.39 is 6.03 Å². The van der Waals surface area contributed by atoms with Gasteiger partial charge in [-0.3, -0.25) is 10.1 Å². The zero-order chi connectivity index (χ0) is 15.1. The largest absolute Gasteiger partial charge is 0.341 e. The third-order valence-corrected chi connectivity index (χ3v) is 3.28. The fraction of sp³-hybridized carbons (Fsp3) is 0.467. The standard InChI is InChI=1S/C15H23N3O2/c1-10(2)13(12-8-6-5-7-9-12)17-11(3)14(19)18-15(20)16-4/h5-11,13,17H,1-4H3,(H2,16,18,19,20)/p+1/t11-,13+/m0/s1. The first-order valence-electron chi connectivity index (χ1n) is 6.88. The van der Waals surface area contributed by atoms with Gasteiger partial charge in [0.1, 0.15) is 6.04 Å². The highest BCUT2D eigenvalue weighted by molar-refractivity contribution is 5.95. The minimum Gasteiger partial charge on any atom is -0.341 e. The van der Waals surface area contributed by atoms with Crippen LogP contribution in [-0.2, 0) is 4.79 Å². The summed E-state index contributed by atoms with van der Waals surface area (Å²) in [6, 6.07) is 9.46. The van der Waals surface area contributed by atoms with Crippen LogP contribution in [0.3, 0.4) is 0 Å². The van der Waals surface area contributed by atoms with Gasteiger partial charge in [-0.1, -0.05) is 44.2 Å². The Kier molecular flexibility index (Phi) is 6.18. The van der Waals surface area contributed by atoms with E-state index in [-0.39, 0.29) is 18.0 Å². The maximum atomic E-state index is 11.9. The summed E-state index contributed by atoms with van der Waals surface area (Å²) in [7, 11) is 1.48. The third-order valence-electron chi connectivity index (χ3n) is 3.28. The van der Waals surface area contributed by atoms with E-state index in [2.05, 4.69) is 36.6 Å². The zero-order valence-electron chi connectivity index (χ0n) is 12.5. The molecule has 0 aliphatic carbocycles. The topological polar surface area (TPSA) is 74.8 Å². The lowest BCUT2D eigenvalue weighted by Crippen LogP contribution is -2.93. The molecule has 0 radical (unpaired) electrons. The number of quaternary nitrogens is 1. The lowest BCUT2D eigenvalue weighted by molar-refractivity contribution is -0.719. The highest BCUT2D eigenvalue weighted by atomic mass is 16.2. The minimum absolute atomic E-state index is 0.182. The summed E-state index contributed by atoms with van der Waals surface area (Å²) in [4.78, 5) is 23.1. The van der Waals surface area contributed by atoms with E-state index in [4.69, 9.17) is 0 Å². The summed E-state index contributed by atoms with van der Waals surface area (Å²) in [5.41, 5.74) is 1.18. The predicted molar refractivity (Wildman–Crippen MR) is 78.0 cm³/mol. The van der Waals surface area contributed by atoms with E-state index in [9.17, 15) is 9.59 Å². The molecule has 1 rings (SSSR count). The summed E-state index contributed by atoms with van der Waals surface area (Å²) in [5.74, 6) is 0.0959. The van der Waals surface area contributed by atoms with Crippen molar-refractivity contribution in [2.24, 2.45) is 5.92 Å². The lowest BCUT2D eigenvalue weighted by atomic mass is 9.95. The number of rotatable bonds is 5. The number of hydrogen-bond acceptors (Lipinski definition) is 2. The predicted octanol–water partition coefficient (Wildman–Crippen LogP) is 0.791. The van der Waals surface area contributed by atoms with Crippen LogP contribution in [0.15, 0.2) is 30.3 Å². The molecule has 0 unspecified atom stereocenters. The first kappa shape index (κ1) is 16.2. The Morgan fingerprint density at radius 2 is 1.70 bits per heavy atom. The van der Waals surface area contributed by atoms with Crippen LogP contribution in [0.1, 0.15) is 32.4 Å². The first-order valence-corrected chi connectivity index (χ1v) is 6.88. The van der Waals surface area contributed by atoms with Crippen LogP contribution < -0.4 is 16.0 Å². The van der Waals surface area contributed by atoms with Crippen LogP contribution in [0.25, 0.3) is 0 Å². The molecule has 0 spiro atoms. The fourth-order valence-corrected chi connectivity index (χ4v) is 2.08. The van der Waals surface area contributed by atoms with Crippen LogP contribution in [-0.4, -0.2) is 25.0 Å². The smallest absolute Gasteiger partial charge is 0.321 e. The Morgan fingerprint density at radius 1 is 1.10 bits per heavy atom. The second kappa shape index (κ2) is 7.65. The van der Waals surface area contributed by atoms with E-state index in [1.54, 1.807) is 6.92 Å². The molecule has 5 heteroatoms. The van der Waals surface area contributed by atoms with Gasteiger partial charge in [-0.15, -0.1) is 0 Å². The zero-order valence-corrected chi connectivity index (χ0v) is 12.5. The van der Waals surface area contributed by atoms with Crippen molar-refractivity contribution in [1.82, 2.24) is 10.6 Å². The average Bonchev–Trinajstić information content (AvgIpc) is 2.44. The number of carbonyl (C=O) groups excluding carboxylic acids is 2. The molecule has 1 aromatic carbocycles. The third kappa shape index (κ3) is 4.66. The molecule has 0 aliphatic heterocycles. The Morgan fingerprint density at radius 3 is 2.20 bits per heavy atom. The number of hydrogen-bond donors (Lipinski definition) is 3.